The predicted octanol–water partition coefficient (Wildman–Crippen LogP) is -0.826. The van der Waals surface area contributed by atoms with Crippen molar-refractivity contribution in [2.24, 2.45) is 0 Å². The number of rotatable bonds is 0. The first kappa shape index (κ1) is 9.07. The number of phenols is 4. The molecule has 0 bridgehead atoms. The first-order chi connectivity index (χ1) is 6.00. The minimum absolute atomic E-state index is 0.575. The van der Waals surface area contributed by atoms with Crippen LogP contribution in [0.3, 0.4) is 0 Å². The lowest BCUT2D eigenvalue weighted by Crippen LogP contribution is -2.05. The SMILES string of the molecule is [B]c1c(O)c(O)c(C#N)c(O)c1O. The molecule has 13 heavy (non-hydrogen) atoms. The average Bonchev–Trinajstić information content (AvgIpc) is 2.13. The van der Waals surface area contributed by atoms with E-state index in [2.05, 4.69) is 0 Å². The molecule has 0 spiro atoms. The highest BCUT2D eigenvalue weighted by atomic mass is 16.3. The van der Waals surface area contributed by atoms with E-state index in [9.17, 15) is 0 Å². The van der Waals surface area contributed by atoms with Gasteiger partial charge < -0.3 is 20.4 Å². The second-order valence-electron chi connectivity index (χ2n) is 2.29. The maximum absolute atomic E-state index is 9.06. The lowest BCUT2D eigenvalue weighted by Gasteiger charge is -2.08. The Labute approximate surface area is 74.5 Å². The van der Waals surface area contributed by atoms with Crippen molar-refractivity contribution in [3.8, 4) is 29.1 Å². The van der Waals surface area contributed by atoms with Gasteiger partial charge in [0.25, 0.3) is 0 Å². The van der Waals surface area contributed by atoms with Crippen LogP contribution in [0.15, 0.2) is 0 Å². The smallest absolute Gasteiger partial charge is 0.179 e. The van der Waals surface area contributed by atoms with E-state index in [-0.39, 0.29) is 0 Å². The van der Waals surface area contributed by atoms with Crippen LogP contribution in [0, 0.1) is 11.3 Å². The Balaban J connectivity index is 3.69. The van der Waals surface area contributed by atoms with Gasteiger partial charge in [0.15, 0.2) is 23.0 Å². The maximum Gasteiger partial charge on any atom is 0.179 e. The molecule has 1 rings (SSSR count). The van der Waals surface area contributed by atoms with Gasteiger partial charge in [-0.15, -0.1) is 0 Å². The van der Waals surface area contributed by atoms with Crippen molar-refractivity contribution in [1.82, 2.24) is 0 Å². The molecule has 0 aromatic heterocycles. The minimum Gasteiger partial charge on any atom is -0.505 e. The molecule has 0 atom stereocenters. The van der Waals surface area contributed by atoms with Crippen molar-refractivity contribution in [3.05, 3.63) is 5.56 Å². The molecule has 1 aromatic rings. The van der Waals surface area contributed by atoms with Gasteiger partial charge in [-0.1, -0.05) is 0 Å². The summed E-state index contributed by atoms with van der Waals surface area (Å²) in [7, 11) is 5.08. The van der Waals surface area contributed by atoms with Crippen LogP contribution in [-0.2, 0) is 0 Å². The summed E-state index contributed by atoms with van der Waals surface area (Å²) in [6.07, 6.45) is 0. The van der Waals surface area contributed by atoms with E-state index in [1.807, 2.05) is 0 Å². The normalized spacial score (nSPS) is 9.46. The van der Waals surface area contributed by atoms with E-state index in [0.717, 1.165) is 0 Å². The number of nitriles is 1. The molecule has 0 unspecified atom stereocenters. The van der Waals surface area contributed by atoms with Gasteiger partial charge in [-0.05, 0) is 5.46 Å². The summed E-state index contributed by atoms with van der Waals surface area (Å²) in [6, 6.07) is 1.40. The molecule has 0 aliphatic heterocycles. The molecule has 0 aliphatic rings. The van der Waals surface area contributed by atoms with Crippen LogP contribution >= 0.6 is 0 Å². The summed E-state index contributed by atoms with van der Waals surface area (Å²) in [5.41, 5.74) is -1.20. The van der Waals surface area contributed by atoms with E-state index in [1.54, 1.807) is 0 Å². The van der Waals surface area contributed by atoms with Crippen LogP contribution in [0.1, 0.15) is 5.56 Å². The van der Waals surface area contributed by atoms with Crippen molar-refractivity contribution in [2.45, 2.75) is 0 Å². The van der Waals surface area contributed by atoms with Gasteiger partial charge >= 0.3 is 0 Å². The number of hydrogen-bond donors (Lipinski definition) is 4. The summed E-state index contributed by atoms with van der Waals surface area (Å²) >= 11 is 0. The first-order valence-corrected chi connectivity index (χ1v) is 3.16. The molecular weight excluding hydrogens is 173 g/mol. The Bertz CT molecular complexity index is 381. The van der Waals surface area contributed by atoms with Crippen molar-refractivity contribution >= 4 is 13.3 Å². The molecule has 0 fully saturated rings. The standard InChI is InChI=1S/C7H4BNO4/c8-3-6(12)4(10)2(1-9)5(11)7(3)13/h10-13H. The maximum atomic E-state index is 9.06. The Morgan fingerprint density at radius 1 is 0.923 bits per heavy atom. The largest absolute Gasteiger partial charge is 0.505 e. The molecule has 64 valence electrons. The monoisotopic (exact) mass is 177 g/mol. The molecule has 1 aromatic carbocycles. The number of nitrogens with zero attached hydrogens (tertiary/aromatic N) is 1. The zero-order chi connectivity index (χ0) is 10.2. The number of aromatic hydroxyl groups is 4. The van der Waals surface area contributed by atoms with E-state index < -0.39 is 34.0 Å². The summed E-state index contributed by atoms with van der Waals surface area (Å²) in [4.78, 5) is 0. The predicted molar refractivity (Wildman–Crippen MR) is 43.2 cm³/mol. The van der Waals surface area contributed by atoms with E-state index in [0.29, 0.717) is 0 Å². The van der Waals surface area contributed by atoms with Crippen LogP contribution < -0.4 is 5.46 Å². The third kappa shape index (κ3) is 1.10. The van der Waals surface area contributed by atoms with Crippen LogP contribution in [0.25, 0.3) is 0 Å². The van der Waals surface area contributed by atoms with Gasteiger partial charge in [-0.2, -0.15) is 5.26 Å². The van der Waals surface area contributed by atoms with Gasteiger partial charge in [0.2, 0.25) is 0 Å². The molecule has 5 nitrogen and oxygen atoms in total. The van der Waals surface area contributed by atoms with Gasteiger partial charge in [-0.3, -0.25) is 0 Å². The van der Waals surface area contributed by atoms with E-state index >= 15 is 0 Å². The highest BCUT2D eigenvalue weighted by Crippen LogP contribution is 2.38. The van der Waals surface area contributed by atoms with Gasteiger partial charge in [0, 0.05) is 0 Å². The van der Waals surface area contributed by atoms with E-state index in [4.69, 9.17) is 33.5 Å². The Morgan fingerprint density at radius 3 is 1.62 bits per heavy atom. The molecule has 2 radical (unpaired) electrons. The highest BCUT2D eigenvalue weighted by molar-refractivity contribution is 6.37. The Morgan fingerprint density at radius 2 is 1.31 bits per heavy atom. The second-order valence-corrected chi connectivity index (χ2v) is 2.29. The summed E-state index contributed by atoms with van der Waals surface area (Å²) in [5.74, 6) is -3.36. The lowest BCUT2D eigenvalue weighted by molar-refractivity contribution is 0.376. The van der Waals surface area contributed by atoms with Crippen LogP contribution in [0.5, 0.6) is 23.0 Å². The van der Waals surface area contributed by atoms with Gasteiger partial charge in [-0.25, -0.2) is 0 Å². The molecule has 0 aliphatic carbocycles. The quantitative estimate of drug-likeness (QED) is 0.235. The Hall–Kier alpha value is -2.03. The zero-order valence-electron chi connectivity index (χ0n) is 6.31. The van der Waals surface area contributed by atoms with Gasteiger partial charge in [0.05, 0.1) is 0 Å². The van der Waals surface area contributed by atoms with Crippen molar-refractivity contribution in [3.63, 3.8) is 0 Å². The van der Waals surface area contributed by atoms with Crippen LogP contribution in [0.2, 0.25) is 0 Å². The zero-order valence-corrected chi connectivity index (χ0v) is 6.31. The molecular formula is C7H4BNO4. The van der Waals surface area contributed by atoms with Crippen molar-refractivity contribution in [1.29, 1.82) is 5.26 Å². The number of hydrogen-bond acceptors (Lipinski definition) is 5. The number of phenolic OH excluding ortho intramolecular Hbond substituents is 4. The minimum atomic E-state index is -0.852. The molecule has 0 amide bonds. The fourth-order valence-corrected chi connectivity index (χ4v) is 0.822. The van der Waals surface area contributed by atoms with Crippen molar-refractivity contribution < 1.29 is 20.4 Å². The first-order valence-electron chi connectivity index (χ1n) is 3.16. The summed E-state index contributed by atoms with van der Waals surface area (Å²) in [6.45, 7) is 0. The van der Waals surface area contributed by atoms with Gasteiger partial charge in [0.1, 0.15) is 19.5 Å². The Kier molecular flexibility index (Phi) is 1.94. The van der Waals surface area contributed by atoms with E-state index in [1.165, 1.54) is 6.07 Å². The molecule has 0 saturated carbocycles. The summed E-state index contributed by atoms with van der Waals surface area (Å²) < 4.78 is 0. The lowest BCUT2D eigenvalue weighted by atomic mass is 9.91. The molecule has 0 saturated heterocycles. The number of benzene rings is 1. The third-order valence-electron chi connectivity index (χ3n) is 1.54. The fraction of sp³-hybridized carbons (Fsp3) is 0. The van der Waals surface area contributed by atoms with Crippen LogP contribution in [-0.4, -0.2) is 28.3 Å². The fourth-order valence-electron chi connectivity index (χ4n) is 0.822. The average molecular weight is 177 g/mol. The summed E-state index contributed by atoms with van der Waals surface area (Å²) in [5, 5.41) is 44.6. The topological polar surface area (TPSA) is 105 Å². The second kappa shape index (κ2) is 2.79. The third-order valence-corrected chi connectivity index (χ3v) is 1.54. The molecule has 0 heterocycles. The highest BCUT2D eigenvalue weighted by Gasteiger charge is 2.19. The van der Waals surface area contributed by atoms with Crippen molar-refractivity contribution in [2.75, 3.05) is 0 Å². The van der Waals surface area contributed by atoms with Crippen LogP contribution in [0.4, 0.5) is 0 Å². The molecule has 4 N–H and O–H groups in total. The molecule has 6 heteroatoms.